The van der Waals surface area contributed by atoms with Crippen LogP contribution in [0.2, 0.25) is 0 Å². The molecule has 0 saturated carbocycles. The highest BCUT2D eigenvalue weighted by atomic mass is 15.3. The molecular weight excluding hydrogens is 250 g/mol. The first-order valence-electron chi connectivity index (χ1n) is 6.61. The van der Waals surface area contributed by atoms with Gasteiger partial charge in [-0.05, 0) is 18.6 Å². The van der Waals surface area contributed by atoms with Crippen LogP contribution in [-0.4, -0.2) is 19.3 Å². The first kappa shape index (κ1) is 12.5. The average Bonchev–Trinajstić information content (AvgIpc) is 3.03. The molecule has 0 bridgehead atoms. The van der Waals surface area contributed by atoms with E-state index in [4.69, 9.17) is 5.73 Å². The second kappa shape index (κ2) is 4.85. The minimum atomic E-state index is 0.680. The first-order valence-corrected chi connectivity index (χ1v) is 6.61. The molecule has 5 heteroatoms. The van der Waals surface area contributed by atoms with Crippen molar-refractivity contribution < 1.29 is 0 Å². The molecule has 3 aromatic rings. The van der Waals surface area contributed by atoms with Crippen LogP contribution in [0.5, 0.6) is 0 Å². The van der Waals surface area contributed by atoms with Crippen molar-refractivity contribution in [3.8, 4) is 17.1 Å². The van der Waals surface area contributed by atoms with E-state index < -0.39 is 0 Å². The van der Waals surface area contributed by atoms with Gasteiger partial charge in [0.25, 0.3) is 0 Å². The Bertz CT molecular complexity index is 724. The van der Waals surface area contributed by atoms with Crippen LogP contribution < -0.4 is 5.73 Å². The van der Waals surface area contributed by atoms with Gasteiger partial charge < -0.3 is 10.3 Å². The van der Waals surface area contributed by atoms with Crippen molar-refractivity contribution in [2.75, 3.05) is 5.73 Å². The molecule has 2 aromatic heterocycles. The lowest BCUT2D eigenvalue weighted by atomic mass is 10.1. The Labute approximate surface area is 117 Å². The summed E-state index contributed by atoms with van der Waals surface area (Å²) in [5.41, 5.74) is 9.96. The van der Waals surface area contributed by atoms with E-state index in [9.17, 15) is 0 Å². The van der Waals surface area contributed by atoms with E-state index in [1.54, 1.807) is 11.0 Å². The summed E-state index contributed by atoms with van der Waals surface area (Å²) >= 11 is 0. The minimum absolute atomic E-state index is 0.680. The molecule has 0 aliphatic rings. The van der Waals surface area contributed by atoms with Crippen molar-refractivity contribution in [1.29, 1.82) is 0 Å². The van der Waals surface area contributed by atoms with E-state index in [1.807, 2.05) is 48.1 Å². The lowest BCUT2D eigenvalue weighted by Gasteiger charge is -2.03. The summed E-state index contributed by atoms with van der Waals surface area (Å²) in [5.74, 6) is 0.680. The van der Waals surface area contributed by atoms with Gasteiger partial charge in [0.15, 0.2) is 0 Å². The van der Waals surface area contributed by atoms with Crippen LogP contribution in [0.15, 0.2) is 42.9 Å². The van der Waals surface area contributed by atoms with Gasteiger partial charge in [-0.25, -0.2) is 9.67 Å². The predicted molar refractivity (Wildman–Crippen MR) is 79.6 cm³/mol. The van der Waals surface area contributed by atoms with Gasteiger partial charge in [0.2, 0.25) is 0 Å². The Kier molecular flexibility index (Phi) is 3.02. The number of imidazole rings is 1. The number of anilines is 1. The fraction of sp³-hybridized carbons (Fsp3) is 0.200. The van der Waals surface area contributed by atoms with Crippen molar-refractivity contribution in [1.82, 2.24) is 19.3 Å². The van der Waals surface area contributed by atoms with E-state index >= 15 is 0 Å². The van der Waals surface area contributed by atoms with Crippen LogP contribution in [0.25, 0.3) is 17.1 Å². The van der Waals surface area contributed by atoms with E-state index in [1.165, 1.54) is 0 Å². The molecule has 0 unspecified atom stereocenters. The highest BCUT2D eigenvalue weighted by Crippen LogP contribution is 2.28. The van der Waals surface area contributed by atoms with Gasteiger partial charge in [-0.15, -0.1) is 0 Å². The summed E-state index contributed by atoms with van der Waals surface area (Å²) < 4.78 is 3.69. The summed E-state index contributed by atoms with van der Waals surface area (Å²) in [6.45, 7) is 2.08. The average molecular weight is 267 g/mol. The van der Waals surface area contributed by atoms with E-state index in [0.29, 0.717) is 5.82 Å². The Morgan fingerprint density at radius 2 is 1.95 bits per heavy atom. The number of aryl methyl sites for hydroxylation is 1. The van der Waals surface area contributed by atoms with Gasteiger partial charge in [-0.2, -0.15) is 5.10 Å². The minimum Gasteiger partial charge on any atom is -0.383 e. The maximum atomic E-state index is 6.26. The van der Waals surface area contributed by atoms with Crippen molar-refractivity contribution >= 4 is 5.82 Å². The lowest BCUT2D eigenvalue weighted by molar-refractivity contribution is 0.893. The monoisotopic (exact) mass is 267 g/mol. The molecule has 102 valence electrons. The molecule has 0 atom stereocenters. The van der Waals surface area contributed by atoms with Crippen LogP contribution in [0.3, 0.4) is 0 Å². The van der Waals surface area contributed by atoms with Crippen LogP contribution >= 0.6 is 0 Å². The smallest absolute Gasteiger partial charge is 0.131 e. The maximum Gasteiger partial charge on any atom is 0.131 e. The quantitative estimate of drug-likeness (QED) is 0.792. The lowest BCUT2D eigenvalue weighted by Crippen LogP contribution is -2.02. The second-order valence-corrected chi connectivity index (χ2v) is 4.74. The summed E-state index contributed by atoms with van der Waals surface area (Å²) in [4.78, 5) is 4.37. The van der Waals surface area contributed by atoms with Crippen molar-refractivity contribution in [2.24, 2.45) is 7.05 Å². The largest absolute Gasteiger partial charge is 0.383 e. The van der Waals surface area contributed by atoms with E-state index in [0.717, 1.165) is 29.1 Å². The molecule has 20 heavy (non-hydrogen) atoms. The fourth-order valence-corrected chi connectivity index (χ4v) is 2.32. The third-order valence-corrected chi connectivity index (χ3v) is 3.33. The maximum absolute atomic E-state index is 6.26. The summed E-state index contributed by atoms with van der Waals surface area (Å²) in [6, 6.07) is 9.91. The molecular formula is C15H17N5. The molecule has 0 fully saturated rings. The molecule has 0 saturated heterocycles. The zero-order chi connectivity index (χ0) is 14.1. The molecule has 5 nitrogen and oxygen atoms in total. The summed E-state index contributed by atoms with van der Waals surface area (Å²) in [5, 5.41) is 4.65. The Balaban J connectivity index is 2.17. The molecule has 0 aliphatic heterocycles. The molecule has 1 aromatic carbocycles. The number of nitrogens with two attached hydrogens (primary N) is 1. The highest BCUT2D eigenvalue weighted by molar-refractivity contribution is 5.66. The topological polar surface area (TPSA) is 61.7 Å². The van der Waals surface area contributed by atoms with E-state index in [-0.39, 0.29) is 0 Å². The standard InChI is InChI=1S/C15H17N5/c1-3-12-14(13-9-19(2)10-17-13)18-20(15(12)16)11-7-5-4-6-8-11/h4-10H,3,16H2,1-2H3. The van der Waals surface area contributed by atoms with Gasteiger partial charge in [0, 0.05) is 18.8 Å². The normalized spacial score (nSPS) is 10.9. The van der Waals surface area contributed by atoms with Crippen molar-refractivity contribution in [3.63, 3.8) is 0 Å². The zero-order valence-electron chi connectivity index (χ0n) is 11.6. The van der Waals surface area contributed by atoms with Crippen LogP contribution in [0, 0.1) is 0 Å². The third-order valence-electron chi connectivity index (χ3n) is 3.33. The number of nitrogen functional groups attached to an aromatic ring is 1. The Hall–Kier alpha value is -2.56. The number of para-hydroxylation sites is 1. The third kappa shape index (κ3) is 1.97. The number of benzene rings is 1. The molecule has 0 spiro atoms. The SMILES string of the molecule is CCc1c(-c2cn(C)cn2)nn(-c2ccccc2)c1N. The van der Waals surface area contributed by atoms with Crippen LogP contribution in [0.1, 0.15) is 12.5 Å². The molecule has 0 amide bonds. The number of nitrogens with zero attached hydrogens (tertiary/aromatic N) is 4. The van der Waals surface area contributed by atoms with Gasteiger partial charge in [0.1, 0.15) is 17.2 Å². The summed E-state index contributed by atoms with van der Waals surface area (Å²) in [6.07, 6.45) is 4.55. The molecule has 2 heterocycles. The van der Waals surface area contributed by atoms with Crippen LogP contribution in [0.4, 0.5) is 5.82 Å². The second-order valence-electron chi connectivity index (χ2n) is 4.74. The fourth-order valence-electron chi connectivity index (χ4n) is 2.32. The highest BCUT2D eigenvalue weighted by Gasteiger charge is 2.18. The Morgan fingerprint density at radius 1 is 1.20 bits per heavy atom. The number of hydrogen-bond donors (Lipinski definition) is 1. The first-order chi connectivity index (χ1) is 9.70. The number of hydrogen-bond acceptors (Lipinski definition) is 3. The summed E-state index contributed by atoms with van der Waals surface area (Å²) in [7, 11) is 1.94. The van der Waals surface area contributed by atoms with Crippen molar-refractivity contribution in [3.05, 3.63) is 48.4 Å². The van der Waals surface area contributed by atoms with Crippen LogP contribution in [-0.2, 0) is 13.5 Å². The molecule has 2 N–H and O–H groups in total. The molecule has 0 aliphatic carbocycles. The molecule has 3 rings (SSSR count). The van der Waals surface area contributed by atoms with Gasteiger partial charge >= 0.3 is 0 Å². The van der Waals surface area contributed by atoms with E-state index in [2.05, 4.69) is 17.0 Å². The zero-order valence-corrected chi connectivity index (χ0v) is 11.6. The molecule has 0 radical (unpaired) electrons. The van der Waals surface area contributed by atoms with Gasteiger partial charge in [-0.1, -0.05) is 25.1 Å². The predicted octanol–water partition coefficient (Wildman–Crippen LogP) is 2.42. The number of rotatable bonds is 3. The van der Waals surface area contributed by atoms with Gasteiger partial charge in [-0.3, -0.25) is 0 Å². The van der Waals surface area contributed by atoms with Gasteiger partial charge in [0.05, 0.1) is 12.0 Å². The number of aromatic nitrogens is 4. The Morgan fingerprint density at radius 3 is 2.55 bits per heavy atom. The van der Waals surface area contributed by atoms with Crippen molar-refractivity contribution in [2.45, 2.75) is 13.3 Å².